The minimum atomic E-state index is -1.48. The minimum absolute atomic E-state index is 0.0274. The predicted molar refractivity (Wildman–Crippen MR) is 117 cm³/mol. The summed E-state index contributed by atoms with van der Waals surface area (Å²) in [7, 11) is 0. The van der Waals surface area contributed by atoms with Crippen LogP contribution >= 0.6 is 0 Å². The Kier molecular flexibility index (Phi) is 12.0. The fraction of sp³-hybridized carbons (Fsp3) is 0.450. The van der Waals surface area contributed by atoms with Crippen molar-refractivity contribution >= 4 is 29.8 Å². The van der Waals surface area contributed by atoms with Gasteiger partial charge in [0.25, 0.3) is 5.91 Å². The number of benzene rings is 1. The summed E-state index contributed by atoms with van der Waals surface area (Å²) in [5.74, 6) is -4.32. The number of urea groups is 1. The van der Waals surface area contributed by atoms with E-state index in [-0.39, 0.29) is 31.8 Å². The maximum absolute atomic E-state index is 12.1. The van der Waals surface area contributed by atoms with Crippen molar-refractivity contribution in [3.8, 4) is 0 Å². The molecule has 6 N–H and O–H groups in total. The molecule has 3 amide bonds. The van der Waals surface area contributed by atoms with Crippen molar-refractivity contribution in [3.63, 3.8) is 0 Å². The number of nitrogens with one attached hydrogen (secondary N) is 3. The summed E-state index contributed by atoms with van der Waals surface area (Å²) < 4.78 is 0. The second kappa shape index (κ2) is 14.7. The van der Waals surface area contributed by atoms with Gasteiger partial charge in [-0.05, 0) is 48.9 Å². The number of carbonyl (C=O) groups excluding carboxylic acids is 2. The molecule has 1 rings (SSSR count). The summed E-state index contributed by atoms with van der Waals surface area (Å²) in [5.41, 5.74) is 9.47. The van der Waals surface area contributed by atoms with Gasteiger partial charge in [-0.15, -0.1) is 0 Å². The van der Waals surface area contributed by atoms with E-state index in [1.807, 2.05) is 0 Å². The van der Waals surface area contributed by atoms with Crippen molar-refractivity contribution in [2.75, 3.05) is 6.54 Å². The predicted octanol–water partition coefficient (Wildman–Crippen LogP) is 1.47. The molecule has 0 aliphatic rings. The Hall–Kier alpha value is -4.32. The van der Waals surface area contributed by atoms with Crippen LogP contribution in [-0.2, 0) is 20.9 Å². The van der Waals surface area contributed by atoms with Crippen LogP contribution in [0.2, 0.25) is 0 Å². The SMILES string of the molecule is [N-]=[N+]=NCc1ccc(C(=O)NCCCC[C@H](NC(=O)N[C@@H](CCC(=O)O)C(=O)O)C(=O)O)cc1. The Balaban J connectivity index is 2.42. The van der Waals surface area contributed by atoms with Crippen molar-refractivity contribution in [2.45, 2.75) is 50.7 Å². The molecule has 14 nitrogen and oxygen atoms in total. The van der Waals surface area contributed by atoms with E-state index < -0.39 is 42.4 Å². The first-order chi connectivity index (χ1) is 16.1. The molecule has 0 radical (unpaired) electrons. The first-order valence-electron chi connectivity index (χ1n) is 10.3. The normalized spacial score (nSPS) is 11.9. The van der Waals surface area contributed by atoms with Gasteiger partial charge in [-0.25, -0.2) is 14.4 Å². The van der Waals surface area contributed by atoms with Crippen LogP contribution in [0.1, 0.15) is 48.0 Å². The summed E-state index contributed by atoms with van der Waals surface area (Å²) in [6, 6.07) is 2.68. The van der Waals surface area contributed by atoms with Crippen LogP contribution in [0.4, 0.5) is 4.79 Å². The number of carboxylic acid groups (broad SMARTS) is 3. The van der Waals surface area contributed by atoms with Gasteiger partial charge in [0.2, 0.25) is 0 Å². The van der Waals surface area contributed by atoms with E-state index in [1.165, 1.54) is 0 Å². The highest BCUT2D eigenvalue weighted by atomic mass is 16.4. The van der Waals surface area contributed by atoms with Gasteiger partial charge >= 0.3 is 23.9 Å². The van der Waals surface area contributed by atoms with Crippen LogP contribution in [0.15, 0.2) is 29.4 Å². The Labute approximate surface area is 194 Å². The van der Waals surface area contributed by atoms with Crippen LogP contribution in [0.5, 0.6) is 0 Å². The van der Waals surface area contributed by atoms with Crippen LogP contribution in [0, 0.1) is 0 Å². The van der Waals surface area contributed by atoms with Crippen molar-refractivity contribution in [3.05, 3.63) is 45.8 Å². The minimum Gasteiger partial charge on any atom is -0.481 e. The van der Waals surface area contributed by atoms with Crippen molar-refractivity contribution in [2.24, 2.45) is 5.11 Å². The number of hydrogen-bond donors (Lipinski definition) is 6. The summed E-state index contributed by atoms with van der Waals surface area (Å²) in [4.78, 5) is 59.8. The average Bonchev–Trinajstić information content (AvgIpc) is 2.79. The molecule has 0 saturated heterocycles. The highest BCUT2D eigenvalue weighted by Gasteiger charge is 2.24. The molecular weight excluding hydrogens is 452 g/mol. The van der Waals surface area contributed by atoms with Crippen molar-refractivity contribution in [1.82, 2.24) is 16.0 Å². The number of amides is 3. The molecule has 0 aliphatic carbocycles. The number of carbonyl (C=O) groups is 5. The number of azide groups is 1. The zero-order valence-corrected chi connectivity index (χ0v) is 18.1. The van der Waals surface area contributed by atoms with Gasteiger partial charge in [0.1, 0.15) is 12.1 Å². The number of aliphatic carboxylic acids is 3. The van der Waals surface area contributed by atoms with Gasteiger partial charge in [0.15, 0.2) is 0 Å². The summed E-state index contributed by atoms with van der Waals surface area (Å²) in [6.45, 7) is 0.433. The van der Waals surface area contributed by atoms with E-state index >= 15 is 0 Å². The first kappa shape index (κ1) is 27.7. The van der Waals surface area contributed by atoms with Gasteiger partial charge in [-0.1, -0.05) is 17.2 Å². The highest BCUT2D eigenvalue weighted by Crippen LogP contribution is 2.07. The molecule has 0 aliphatic heterocycles. The van der Waals surface area contributed by atoms with E-state index in [0.29, 0.717) is 18.4 Å². The molecule has 34 heavy (non-hydrogen) atoms. The summed E-state index contributed by atoms with van der Waals surface area (Å²) in [5, 5.41) is 37.3. The van der Waals surface area contributed by atoms with E-state index in [2.05, 4.69) is 26.0 Å². The number of hydrogen-bond acceptors (Lipinski definition) is 6. The molecule has 0 spiro atoms. The first-order valence-corrected chi connectivity index (χ1v) is 10.3. The second-order valence-electron chi connectivity index (χ2n) is 7.17. The number of carboxylic acids is 3. The Morgan fingerprint density at radius 3 is 2.03 bits per heavy atom. The largest absolute Gasteiger partial charge is 0.481 e. The van der Waals surface area contributed by atoms with Crippen LogP contribution in [-0.4, -0.2) is 63.8 Å². The standard InChI is InChI=1S/C20H26N6O8/c21-26-23-11-12-4-6-13(7-5-12)17(29)22-10-2-1-3-14(18(30)31)24-20(34)25-15(19(32)33)8-9-16(27)28/h4-7,14-15H,1-3,8-11H2,(H,22,29)(H,27,28)(H,30,31)(H,32,33)(H2,24,25,34)/t14-,15-/m0/s1. The molecule has 0 fully saturated rings. The van der Waals surface area contributed by atoms with Crippen LogP contribution in [0.25, 0.3) is 10.4 Å². The lowest BCUT2D eigenvalue weighted by molar-refractivity contribution is -0.140. The monoisotopic (exact) mass is 478 g/mol. The lowest BCUT2D eigenvalue weighted by atomic mass is 10.1. The maximum Gasteiger partial charge on any atom is 0.326 e. The third-order valence-electron chi connectivity index (χ3n) is 4.59. The fourth-order valence-corrected chi connectivity index (χ4v) is 2.79. The lowest BCUT2D eigenvalue weighted by Crippen LogP contribution is -2.51. The smallest absolute Gasteiger partial charge is 0.326 e. The number of nitrogens with zero attached hydrogens (tertiary/aromatic N) is 3. The van der Waals surface area contributed by atoms with Crippen LogP contribution < -0.4 is 16.0 Å². The summed E-state index contributed by atoms with van der Waals surface area (Å²) >= 11 is 0. The van der Waals surface area contributed by atoms with E-state index in [0.717, 1.165) is 5.56 Å². The molecule has 184 valence electrons. The molecule has 2 atom stereocenters. The van der Waals surface area contributed by atoms with E-state index in [4.69, 9.17) is 15.7 Å². The average molecular weight is 478 g/mol. The van der Waals surface area contributed by atoms with E-state index in [9.17, 15) is 29.1 Å². The molecule has 0 bridgehead atoms. The van der Waals surface area contributed by atoms with Crippen molar-refractivity contribution in [1.29, 1.82) is 0 Å². The molecule has 0 aromatic heterocycles. The molecule has 1 aromatic carbocycles. The Morgan fingerprint density at radius 1 is 0.912 bits per heavy atom. The topological polar surface area (TPSA) is 231 Å². The van der Waals surface area contributed by atoms with Gasteiger partial charge in [0.05, 0.1) is 6.54 Å². The second-order valence-corrected chi connectivity index (χ2v) is 7.17. The van der Waals surface area contributed by atoms with E-state index in [1.54, 1.807) is 24.3 Å². The maximum atomic E-state index is 12.1. The number of rotatable bonds is 15. The van der Waals surface area contributed by atoms with Gasteiger partial charge < -0.3 is 31.3 Å². The van der Waals surface area contributed by atoms with Crippen molar-refractivity contribution < 1.29 is 39.3 Å². The lowest BCUT2D eigenvalue weighted by Gasteiger charge is -2.18. The molecule has 0 saturated carbocycles. The fourth-order valence-electron chi connectivity index (χ4n) is 2.79. The van der Waals surface area contributed by atoms with Gasteiger partial charge in [0, 0.05) is 23.4 Å². The van der Waals surface area contributed by atoms with Crippen LogP contribution in [0.3, 0.4) is 0 Å². The quantitative estimate of drug-likeness (QED) is 0.0932. The summed E-state index contributed by atoms with van der Waals surface area (Å²) in [6.07, 6.45) is -0.0506. The number of unbranched alkanes of at least 4 members (excludes halogenated alkanes) is 1. The highest BCUT2D eigenvalue weighted by molar-refractivity contribution is 5.94. The Morgan fingerprint density at radius 2 is 1.50 bits per heavy atom. The third kappa shape index (κ3) is 10.8. The third-order valence-corrected chi connectivity index (χ3v) is 4.59. The molecule has 0 heterocycles. The Bertz CT molecular complexity index is 929. The molecule has 0 unspecified atom stereocenters. The zero-order valence-electron chi connectivity index (χ0n) is 18.1. The molecule has 14 heteroatoms. The molecule has 1 aromatic rings. The molecular formula is C20H26N6O8. The van der Waals surface area contributed by atoms with Gasteiger partial charge in [-0.2, -0.15) is 0 Å². The van der Waals surface area contributed by atoms with Gasteiger partial charge in [-0.3, -0.25) is 9.59 Å². The zero-order chi connectivity index (χ0) is 25.5.